The van der Waals surface area contributed by atoms with Gasteiger partial charge in [-0.3, -0.25) is 4.79 Å². The van der Waals surface area contributed by atoms with Crippen LogP contribution in [0, 0.1) is 6.92 Å². The molecule has 0 aliphatic carbocycles. The summed E-state index contributed by atoms with van der Waals surface area (Å²) in [5, 5.41) is 8.39. The summed E-state index contributed by atoms with van der Waals surface area (Å²) in [4.78, 5) is 17.7. The number of rotatable bonds is 4. The van der Waals surface area contributed by atoms with Crippen molar-refractivity contribution in [2.75, 3.05) is 26.7 Å². The zero-order valence-electron chi connectivity index (χ0n) is 18.8. The smallest absolute Gasteiger partial charge is 0.254 e. The van der Waals surface area contributed by atoms with Gasteiger partial charge in [-0.25, -0.2) is 0 Å². The fourth-order valence-electron chi connectivity index (χ4n) is 4.28. The first-order valence-corrected chi connectivity index (χ1v) is 11.1. The topological polar surface area (TPSA) is 62.5 Å². The maximum Gasteiger partial charge on any atom is 0.254 e. The number of hydrogen-bond donors (Lipinski definition) is 0. The normalized spacial score (nSPS) is 16.7. The van der Waals surface area contributed by atoms with Crippen molar-refractivity contribution in [1.29, 1.82) is 0 Å². The number of carbonyl (C=O) groups excluding carboxylic acids is 1. The van der Waals surface area contributed by atoms with Crippen LogP contribution < -0.4 is 0 Å². The van der Waals surface area contributed by atoms with Crippen LogP contribution in [-0.4, -0.2) is 52.6 Å². The van der Waals surface area contributed by atoms with Crippen molar-refractivity contribution in [2.24, 2.45) is 0 Å². The Hall–Kier alpha value is -3.77. The number of aromatic nitrogens is 2. The summed E-state index contributed by atoms with van der Waals surface area (Å²) >= 11 is 0. The van der Waals surface area contributed by atoms with Gasteiger partial charge in [-0.05, 0) is 55.9 Å². The van der Waals surface area contributed by atoms with Gasteiger partial charge in [0.2, 0.25) is 11.8 Å². The Balaban J connectivity index is 1.36. The molecule has 166 valence electrons. The molecule has 0 N–H and O–H groups in total. The van der Waals surface area contributed by atoms with Gasteiger partial charge in [-0.15, -0.1) is 10.2 Å². The van der Waals surface area contributed by atoms with Crippen LogP contribution >= 0.6 is 0 Å². The molecule has 1 fully saturated rings. The predicted octanol–water partition coefficient (Wildman–Crippen LogP) is 4.84. The van der Waals surface area contributed by atoms with E-state index in [9.17, 15) is 4.79 Å². The zero-order chi connectivity index (χ0) is 22.8. The van der Waals surface area contributed by atoms with E-state index in [0.717, 1.165) is 35.3 Å². The van der Waals surface area contributed by atoms with Crippen molar-refractivity contribution in [3.8, 4) is 22.9 Å². The molecule has 33 heavy (non-hydrogen) atoms. The van der Waals surface area contributed by atoms with E-state index in [-0.39, 0.29) is 11.9 Å². The van der Waals surface area contributed by atoms with Crippen LogP contribution in [0.5, 0.6) is 0 Å². The SMILES string of the molecule is Cc1cccc(-c2nnc(-c3ccc(C(=O)N4CCN(C)C[C@H]4c4ccccc4)cc3)o2)c1. The molecule has 6 nitrogen and oxygen atoms in total. The van der Waals surface area contributed by atoms with Crippen LogP contribution in [0.15, 0.2) is 83.3 Å². The van der Waals surface area contributed by atoms with Gasteiger partial charge < -0.3 is 14.2 Å². The van der Waals surface area contributed by atoms with E-state index in [1.54, 1.807) is 0 Å². The predicted molar refractivity (Wildman–Crippen MR) is 128 cm³/mol. The standard InChI is InChI=1S/C27H26N4O2/c1-19-7-6-10-23(17-19)26-29-28-25(33-26)21-11-13-22(14-12-21)27(32)31-16-15-30(2)18-24(31)20-8-4-3-5-9-20/h3-14,17,24H,15-16,18H2,1-2H3/t24-/m0/s1. The highest BCUT2D eigenvalue weighted by Crippen LogP contribution is 2.28. The highest BCUT2D eigenvalue weighted by molar-refractivity contribution is 5.95. The van der Waals surface area contributed by atoms with Crippen LogP contribution in [0.2, 0.25) is 0 Å². The maximum atomic E-state index is 13.4. The van der Waals surface area contributed by atoms with E-state index < -0.39 is 0 Å². The van der Waals surface area contributed by atoms with Crippen molar-refractivity contribution in [3.05, 3.63) is 95.6 Å². The molecular formula is C27H26N4O2. The molecular weight excluding hydrogens is 412 g/mol. The quantitative estimate of drug-likeness (QED) is 0.456. The number of carbonyl (C=O) groups is 1. The zero-order valence-corrected chi connectivity index (χ0v) is 18.8. The summed E-state index contributed by atoms with van der Waals surface area (Å²) in [6.45, 7) is 4.40. The fraction of sp³-hybridized carbons (Fsp3) is 0.222. The summed E-state index contributed by atoms with van der Waals surface area (Å²) in [7, 11) is 2.10. The molecule has 1 atom stereocenters. The van der Waals surface area contributed by atoms with Gasteiger partial charge in [0.1, 0.15) is 0 Å². The number of piperazine rings is 1. The number of nitrogens with zero attached hydrogens (tertiary/aromatic N) is 4. The lowest BCUT2D eigenvalue weighted by Crippen LogP contribution is -2.49. The third-order valence-corrected chi connectivity index (χ3v) is 6.10. The van der Waals surface area contributed by atoms with Crippen molar-refractivity contribution in [2.45, 2.75) is 13.0 Å². The summed E-state index contributed by atoms with van der Waals surface area (Å²) in [6, 6.07) is 25.6. The summed E-state index contributed by atoms with van der Waals surface area (Å²) in [5.41, 5.74) is 4.62. The molecule has 1 aliphatic rings. The molecule has 1 aromatic heterocycles. The van der Waals surface area contributed by atoms with E-state index >= 15 is 0 Å². The van der Waals surface area contributed by atoms with Crippen LogP contribution in [0.4, 0.5) is 0 Å². The molecule has 1 aliphatic heterocycles. The van der Waals surface area contributed by atoms with Crippen molar-refractivity contribution < 1.29 is 9.21 Å². The first-order valence-electron chi connectivity index (χ1n) is 11.1. The molecule has 1 amide bonds. The largest absolute Gasteiger partial charge is 0.416 e. The van der Waals surface area contributed by atoms with Gasteiger partial charge in [0, 0.05) is 36.3 Å². The molecule has 0 radical (unpaired) electrons. The molecule has 0 saturated carbocycles. The fourth-order valence-corrected chi connectivity index (χ4v) is 4.28. The Morgan fingerprint density at radius 1 is 0.879 bits per heavy atom. The van der Waals surface area contributed by atoms with E-state index in [2.05, 4.69) is 34.3 Å². The lowest BCUT2D eigenvalue weighted by atomic mass is 10.0. The number of likely N-dealkylation sites (N-methyl/N-ethyl adjacent to an activating group) is 1. The van der Waals surface area contributed by atoms with Crippen LogP contribution in [0.1, 0.15) is 27.5 Å². The number of benzene rings is 3. The minimum Gasteiger partial charge on any atom is -0.416 e. The molecule has 3 aromatic carbocycles. The van der Waals surface area contributed by atoms with Gasteiger partial charge in [0.05, 0.1) is 6.04 Å². The van der Waals surface area contributed by atoms with E-state index in [0.29, 0.717) is 23.9 Å². The summed E-state index contributed by atoms with van der Waals surface area (Å²) in [6.07, 6.45) is 0. The summed E-state index contributed by atoms with van der Waals surface area (Å²) in [5.74, 6) is 0.957. The number of amides is 1. The third kappa shape index (κ3) is 4.43. The Morgan fingerprint density at radius 3 is 2.33 bits per heavy atom. The molecule has 0 bridgehead atoms. The Labute approximate surface area is 193 Å². The molecule has 5 rings (SSSR count). The van der Waals surface area contributed by atoms with E-state index in [1.807, 2.05) is 78.6 Å². The lowest BCUT2D eigenvalue weighted by molar-refractivity contribution is 0.0498. The third-order valence-electron chi connectivity index (χ3n) is 6.10. The van der Waals surface area contributed by atoms with E-state index in [4.69, 9.17) is 4.42 Å². The van der Waals surface area contributed by atoms with E-state index in [1.165, 1.54) is 0 Å². The first kappa shape index (κ1) is 21.1. The Morgan fingerprint density at radius 2 is 1.61 bits per heavy atom. The van der Waals surface area contributed by atoms with Crippen LogP contribution in [0.25, 0.3) is 22.9 Å². The average Bonchev–Trinajstić information content (AvgIpc) is 3.35. The van der Waals surface area contributed by atoms with Gasteiger partial charge in [-0.2, -0.15) is 0 Å². The van der Waals surface area contributed by atoms with Crippen LogP contribution in [0.3, 0.4) is 0 Å². The maximum absolute atomic E-state index is 13.4. The molecule has 2 heterocycles. The molecule has 6 heteroatoms. The Kier molecular flexibility index (Phi) is 5.75. The monoisotopic (exact) mass is 438 g/mol. The molecule has 4 aromatic rings. The second kappa shape index (κ2) is 9.00. The minimum absolute atomic E-state index is 0.0324. The molecule has 0 unspecified atom stereocenters. The van der Waals surface area contributed by atoms with Gasteiger partial charge in [0.25, 0.3) is 5.91 Å². The Bertz CT molecular complexity index is 1250. The minimum atomic E-state index is 0.0324. The molecule has 0 spiro atoms. The number of hydrogen-bond acceptors (Lipinski definition) is 5. The number of aryl methyl sites for hydroxylation is 1. The second-order valence-electron chi connectivity index (χ2n) is 8.55. The van der Waals surface area contributed by atoms with Crippen molar-refractivity contribution in [1.82, 2.24) is 20.0 Å². The van der Waals surface area contributed by atoms with Gasteiger partial charge >= 0.3 is 0 Å². The molecule has 1 saturated heterocycles. The van der Waals surface area contributed by atoms with Crippen molar-refractivity contribution in [3.63, 3.8) is 0 Å². The average molecular weight is 439 g/mol. The second-order valence-corrected chi connectivity index (χ2v) is 8.55. The van der Waals surface area contributed by atoms with Gasteiger partial charge in [0.15, 0.2) is 0 Å². The summed E-state index contributed by atoms with van der Waals surface area (Å²) < 4.78 is 5.89. The van der Waals surface area contributed by atoms with Gasteiger partial charge in [-0.1, -0.05) is 48.0 Å². The first-order chi connectivity index (χ1) is 16.1. The lowest BCUT2D eigenvalue weighted by Gasteiger charge is -2.40. The highest BCUT2D eigenvalue weighted by atomic mass is 16.4. The van der Waals surface area contributed by atoms with Crippen LogP contribution in [-0.2, 0) is 0 Å². The van der Waals surface area contributed by atoms with Crippen molar-refractivity contribution >= 4 is 5.91 Å². The highest BCUT2D eigenvalue weighted by Gasteiger charge is 2.30.